The molecule has 1 rings (SSSR count). The van der Waals surface area contributed by atoms with Gasteiger partial charge in [-0.05, 0) is 43.1 Å². The third kappa shape index (κ3) is 2.67. The molecule has 3 N–H and O–H groups in total. The van der Waals surface area contributed by atoms with E-state index < -0.39 is 11.9 Å². The Morgan fingerprint density at radius 1 is 1.53 bits per heavy atom. The Bertz CT molecular complexity index is 342. The summed E-state index contributed by atoms with van der Waals surface area (Å²) >= 11 is 0. The molecule has 0 aromatic heterocycles. The van der Waals surface area contributed by atoms with Gasteiger partial charge in [0.1, 0.15) is 0 Å². The molecule has 0 heterocycles. The van der Waals surface area contributed by atoms with Crippen LogP contribution in [0.25, 0.3) is 0 Å². The summed E-state index contributed by atoms with van der Waals surface area (Å²) in [5.41, 5.74) is 6.72. The number of nitrogens with two attached hydrogens (primary N) is 1. The van der Waals surface area contributed by atoms with Crippen molar-refractivity contribution >= 4 is 0 Å². The van der Waals surface area contributed by atoms with E-state index in [4.69, 9.17) is 10.5 Å². The molecular weight excluding hydrogens is 197 g/mol. The van der Waals surface area contributed by atoms with E-state index in [9.17, 15) is 9.50 Å². The lowest BCUT2D eigenvalue weighted by molar-refractivity contribution is 0.169. The summed E-state index contributed by atoms with van der Waals surface area (Å²) in [4.78, 5) is 0. The van der Waals surface area contributed by atoms with Gasteiger partial charge in [0.05, 0.1) is 13.2 Å². The number of methoxy groups -OCH3 is 1. The molecule has 0 saturated carbocycles. The summed E-state index contributed by atoms with van der Waals surface area (Å²) in [5, 5.41) is 9.75. The first-order chi connectivity index (χ1) is 7.10. The molecule has 1 aromatic rings. The number of benzene rings is 1. The Kier molecular flexibility index (Phi) is 4.05. The van der Waals surface area contributed by atoms with Crippen LogP contribution < -0.4 is 10.5 Å². The van der Waals surface area contributed by atoms with Crippen molar-refractivity contribution in [2.24, 2.45) is 5.73 Å². The molecule has 0 spiro atoms. The summed E-state index contributed by atoms with van der Waals surface area (Å²) in [6.07, 6.45) is -0.209. The van der Waals surface area contributed by atoms with Crippen LogP contribution in [0.1, 0.15) is 23.7 Å². The first-order valence-electron chi connectivity index (χ1n) is 4.82. The monoisotopic (exact) mass is 213 g/mol. The minimum atomic E-state index is -0.663. The molecule has 0 aliphatic heterocycles. The Morgan fingerprint density at radius 3 is 2.73 bits per heavy atom. The van der Waals surface area contributed by atoms with Gasteiger partial charge in [0.2, 0.25) is 0 Å². The smallest absolute Gasteiger partial charge is 0.165 e. The van der Waals surface area contributed by atoms with E-state index in [0.717, 1.165) is 0 Å². The average molecular weight is 213 g/mol. The van der Waals surface area contributed by atoms with Gasteiger partial charge in [0.25, 0.3) is 0 Å². The van der Waals surface area contributed by atoms with Crippen LogP contribution in [-0.2, 0) is 0 Å². The zero-order valence-electron chi connectivity index (χ0n) is 8.96. The fourth-order valence-electron chi connectivity index (χ4n) is 1.50. The molecule has 0 bridgehead atoms. The Hall–Kier alpha value is -1.13. The van der Waals surface area contributed by atoms with Crippen molar-refractivity contribution in [2.45, 2.75) is 19.4 Å². The fraction of sp³-hybridized carbons (Fsp3) is 0.455. The van der Waals surface area contributed by atoms with Gasteiger partial charge in [0, 0.05) is 0 Å². The maximum Gasteiger partial charge on any atom is 0.165 e. The number of ether oxygens (including phenoxy) is 1. The molecule has 0 radical (unpaired) electrons. The molecule has 3 nitrogen and oxygen atoms in total. The Morgan fingerprint density at radius 2 is 2.20 bits per heavy atom. The molecule has 4 heteroatoms. The van der Waals surface area contributed by atoms with Crippen molar-refractivity contribution in [2.75, 3.05) is 13.7 Å². The highest BCUT2D eigenvalue weighted by Crippen LogP contribution is 2.27. The molecular formula is C11H16FNO2. The first kappa shape index (κ1) is 11.9. The zero-order chi connectivity index (χ0) is 11.4. The maximum absolute atomic E-state index is 13.2. The van der Waals surface area contributed by atoms with Gasteiger partial charge < -0.3 is 15.6 Å². The topological polar surface area (TPSA) is 55.5 Å². The predicted molar refractivity (Wildman–Crippen MR) is 56.3 cm³/mol. The Labute approximate surface area is 88.7 Å². The van der Waals surface area contributed by atoms with Crippen LogP contribution in [0.5, 0.6) is 5.75 Å². The van der Waals surface area contributed by atoms with Crippen molar-refractivity contribution in [3.8, 4) is 5.75 Å². The molecule has 0 aliphatic carbocycles. The highest BCUT2D eigenvalue weighted by molar-refractivity contribution is 5.37. The lowest BCUT2D eigenvalue weighted by Crippen LogP contribution is -2.08. The normalized spacial score (nSPS) is 12.6. The number of aliphatic hydroxyl groups excluding tert-OH is 1. The van der Waals surface area contributed by atoms with E-state index in [-0.39, 0.29) is 5.75 Å². The predicted octanol–water partition coefficient (Wildman–Crippen LogP) is 1.52. The average Bonchev–Trinajstić information content (AvgIpc) is 2.18. The van der Waals surface area contributed by atoms with E-state index in [2.05, 4.69) is 0 Å². The zero-order valence-corrected chi connectivity index (χ0v) is 8.96. The van der Waals surface area contributed by atoms with E-state index in [1.807, 2.05) is 0 Å². The first-order valence-corrected chi connectivity index (χ1v) is 4.82. The second kappa shape index (κ2) is 5.09. The van der Waals surface area contributed by atoms with E-state index in [0.29, 0.717) is 24.1 Å². The van der Waals surface area contributed by atoms with Gasteiger partial charge >= 0.3 is 0 Å². The summed E-state index contributed by atoms with van der Waals surface area (Å²) in [6, 6.07) is 2.87. The maximum atomic E-state index is 13.2. The van der Waals surface area contributed by atoms with Crippen molar-refractivity contribution in [1.29, 1.82) is 0 Å². The molecule has 0 fully saturated rings. The van der Waals surface area contributed by atoms with Crippen LogP contribution in [0.2, 0.25) is 0 Å². The van der Waals surface area contributed by atoms with Crippen molar-refractivity contribution in [1.82, 2.24) is 0 Å². The van der Waals surface area contributed by atoms with Gasteiger partial charge in [-0.2, -0.15) is 0 Å². The summed E-state index contributed by atoms with van der Waals surface area (Å²) in [7, 11) is 1.40. The largest absolute Gasteiger partial charge is 0.494 e. The highest BCUT2D eigenvalue weighted by Gasteiger charge is 2.13. The van der Waals surface area contributed by atoms with Gasteiger partial charge in [-0.3, -0.25) is 0 Å². The number of halogens is 1. The summed E-state index contributed by atoms with van der Waals surface area (Å²) < 4.78 is 18.1. The quantitative estimate of drug-likeness (QED) is 0.797. The van der Waals surface area contributed by atoms with Crippen molar-refractivity contribution < 1.29 is 14.2 Å². The highest BCUT2D eigenvalue weighted by atomic mass is 19.1. The second-order valence-electron chi connectivity index (χ2n) is 3.44. The third-order valence-electron chi connectivity index (χ3n) is 2.34. The van der Waals surface area contributed by atoms with Crippen LogP contribution in [0.3, 0.4) is 0 Å². The molecule has 84 valence electrons. The number of hydrogen-bond acceptors (Lipinski definition) is 3. The second-order valence-corrected chi connectivity index (χ2v) is 3.44. The van der Waals surface area contributed by atoms with Crippen LogP contribution in [0.4, 0.5) is 4.39 Å². The summed E-state index contributed by atoms with van der Waals surface area (Å²) in [6.45, 7) is 2.14. The fourth-order valence-corrected chi connectivity index (χ4v) is 1.50. The molecule has 1 aromatic carbocycles. The number of aryl methyl sites for hydroxylation is 1. The van der Waals surface area contributed by atoms with Crippen LogP contribution in [-0.4, -0.2) is 18.8 Å². The molecule has 0 amide bonds. The number of aliphatic hydroxyl groups is 1. The van der Waals surface area contributed by atoms with Crippen LogP contribution in [0.15, 0.2) is 12.1 Å². The number of hydrogen-bond donors (Lipinski definition) is 2. The van der Waals surface area contributed by atoms with E-state index in [1.54, 1.807) is 6.92 Å². The molecule has 1 unspecified atom stereocenters. The standard InChI is InChI=1S/C11H16FNO2/c1-7-5-9(12)11(15-2)6-8(7)10(14)3-4-13/h5-6,10,14H,3-4,13H2,1-2H3. The third-order valence-corrected chi connectivity index (χ3v) is 2.34. The molecule has 1 atom stereocenters. The summed E-state index contributed by atoms with van der Waals surface area (Å²) in [5.74, 6) is -0.273. The lowest BCUT2D eigenvalue weighted by Gasteiger charge is -2.14. The van der Waals surface area contributed by atoms with Crippen LogP contribution in [0, 0.1) is 12.7 Å². The van der Waals surface area contributed by atoms with Gasteiger partial charge in [-0.15, -0.1) is 0 Å². The molecule has 0 aliphatic rings. The molecule has 0 saturated heterocycles. The number of rotatable bonds is 4. The molecule has 15 heavy (non-hydrogen) atoms. The van der Waals surface area contributed by atoms with Crippen molar-refractivity contribution in [3.05, 3.63) is 29.1 Å². The lowest BCUT2D eigenvalue weighted by atomic mass is 10.0. The van der Waals surface area contributed by atoms with E-state index in [1.165, 1.54) is 19.2 Å². The Balaban J connectivity index is 3.06. The van der Waals surface area contributed by atoms with Gasteiger partial charge in [0.15, 0.2) is 11.6 Å². The van der Waals surface area contributed by atoms with Gasteiger partial charge in [-0.25, -0.2) is 4.39 Å². The van der Waals surface area contributed by atoms with Gasteiger partial charge in [-0.1, -0.05) is 0 Å². The van der Waals surface area contributed by atoms with Crippen molar-refractivity contribution in [3.63, 3.8) is 0 Å². The minimum absolute atomic E-state index is 0.145. The SMILES string of the molecule is COc1cc(C(O)CCN)c(C)cc1F. The van der Waals surface area contributed by atoms with E-state index >= 15 is 0 Å². The minimum Gasteiger partial charge on any atom is -0.494 e. The van der Waals surface area contributed by atoms with Crippen LogP contribution >= 0.6 is 0 Å².